The highest BCUT2D eigenvalue weighted by Gasteiger charge is 2.53. The van der Waals surface area contributed by atoms with Gasteiger partial charge in [-0.25, -0.2) is 4.39 Å². The highest BCUT2D eigenvalue weighted by atomic mass is 32.2. The number of alkyl halides is 1. The van der Waals surface area contributed by atoms with Crippen LogP contribution in [0.3, 0.4) is 0 Å². The first kappa shape index (κ1) is 9.31. The SMILES string of the molecule is CSC1C(C)C1C(=O)N1CC(F)C1. The minimum Gasteiger partial charge on any atom is -0.336 e. The number of halogens is 1. The van der Waals surface area contributed by atoms with Crippen LogP contribution in [0.25, 0.3) is 0 Å². The van der Waals surface area contributed by atoms with Gasteiger partial charge >= 0.3 is 0 Å². The highest BCUT2D eigenvalue weighted by Crippen LogP contribution is 2.48. The van der Waals surface area contributed by atoms with Crippen LogP contribution in [0.4, 0.5) is 4.39 Å². The monoisotopic (exact) mass is 203 g/mol. The standard InChI is InChI=1S/C9H14FNOS/c1-5-7(8(5)13-2)9(12)11-3-6(10)4-11/h5-8H,3-4H2,1-2H3. The third-order valence-electron chi connectivity index (χ3n) is 3.00. The number of amides is 1. The van der Waals surface area contributed by atoms with Gasteiger partial charge in [0.15, 0.2) is 0 Å². The van der Waals surface area contributed by atoms with Crippen LogP contribution in [-0.2, 0) is 4.79 Å². The van der Waals surface area contributed by atoms with Crippen molar-refractivity contribution < 1.29 is 9.18 Å². The third kappa shape index (κ3) is 1.45. The first-order chi connectivity index (χ1) is 6.15. The number of likely N-dealkylation sites (tertiary alicyclic amines) is 1. The molecule has 3 atom stereocenters. The van der Waals surface area contributed by atoms with E-state index < -0.39 is 6.17 Å². The molecule has 1 aliphatic heterocycles. The van der Waals surface area contributed by atoms with E-state index in [1.165, 1.54) is 0 Å². The van der Waals surface area contributed by atoms with Crippen LogP contribution in [0.2, 0.25) is 0 Å². The number of carbonyl (C=O) groups excluding carboxylic acids is 1. The summed E-state index contributed by atoms with van der Waals surface area (Å²) in [5.74, 6) is 0.824. The topological polar surface area (TPSA) is 20.3 Å². The number of rotatable bonds is 2. The van der Waals surface area contributed by atoms with Gasteiger partial charge in [0, 0.05) is 5.25 Å². The Morgan fingerprint density at radius 1 is 1.54 bits per heavy atom. The molecule has 1 saturated carbocycles. The van der Waals surface area contributed by atoms with Gasteiger partial charge in [0.1, 0.15) is 6.17 Å². The zero-order valence-electron chi connectivity index (χ0n) is 7.87. The first-order valence-electron chi connectivity index (χ1n) is 4.60. The summed E-state index contributed by atoms with van der Waals surface area (Å²) in [7, 11) is 0. The van der Waals surface area contributed by atoms with Gasteiger partial charge in [0.2, 0.25) is 5.91 Å². The quantitative estimate of drug-likeness (QED) is 0.671. The molecule has 0 N–H and O–H groups in total. The molecule has 0 bridgehead atoms. The maximum absolute atomic E-state index is 12.5. The predicted octanol–water partition coefficient (Wildman–Crippen LogP) is 1.16. The molecule has 0 aromatic heterocycles. The fraction of sp³-hybridized carbons (Fsp3) is 0.889. The Morgan fingerprint density at radius 2 is 2.15 bits per heavy atom. The lowest BCUT2D eigenvalue weighted by Gasteiger charge is -2.34. The van der Waals surface area contributed by atoms with Gasteiger partial charge in [-0.2, -0.15) is 11.8 Å². The second kappa shape index (κ2) is 3.15. The van der Waals surface area contributed by atoms with Gasteiger partial charge in [-0.1, -0.05) is 6.92 Å². The first-order valence-corrected chi connectivity index (χ1v) is 5.89. The lowest BCUT2D eigenvalue weighted by molar-refractivity contribution is -0.139. The molecule has 0 aromatic carbocycles. The number of hydrogen-bond acceptors (Lipinski definition) is 2. The Morgan fingerprint density at radius 3 is 2.54 bits per heavy atom. The van der Waals surface area contributed by atoms with Crippen molar-refractivity contribution in [2.75, 3.05) is 19.3 Å². The van der Waals surface area contributed by atoms with E-state index in [9.17, 15) is 9.18 Å². The Kier molecular flexibility index (Phi) is 2.26. The van der Waals surface area contributed by atoms with Crippen molar-refractivity contribution in [1.82, 2.24) is 4.90 Å². The molecule has 1 heterocycles. The molecule has 3 unspecified atom stereocenters. The molecule has 4 heteroatoms. The molecule has 2 nitrogen and oxygen atoms in total. The van der Waals surface area contributed by atoms with Crippen LogP contribution in [0.5, 0.6) is 0 Å². The smallest absolute Gasteiger partial charge is 0.227 e. The fourth-order valence-electron chi connectivity index (χ4n) is 1.97. The maximum atomic E-state index is 12.5. The summed E-state index contributed by atoms with van der Waals surface area (Å²) in [6, 6.07) is 0. The van der Waals surface area contributed by atoms with E-state index in [-0.39, 0.29) is 11.8 Å². The molecule has 0 aromatic rings. The molecule has 74 valence electrons. The Bertz CT molecular complexity index is 230. The molecule has 0 spiro atoms. The molecular formula is C9H14FNOS. The molecule has 1 aliphatic carbocycles. The van der Waals surface area contributed by atoms with Gasteiger partial charge in [-0.05, 0) is 12.2 Å². The van der Waals surface area contributed by atoms with E-state index in [1.54, 1.807) is 16.7 Å². The number of carbonyl (C=O) groups is 1. The largest absolute Gasteiger partial charge is 0.336 e. The normalized spacial score (nSPS) is 38.7. The van der Waals surface area contributed by atoms with Gasteiger partial charge in [0.25, 0.3) is 0 Å². The van der Waals surface area contributed by atoms with Gasteiger partial charge < -0.3 is 4.90 Å². The van der Waals surface area contributed by atoms with E-state index in [1.807, 2.05) is 6.26 Å². The molecule has 1 saturated heterocycles. The zero-order chi connectivity index (χ0) is 9.59. The average Bonchev–Trinajstić information content (AvgIpc) is 2.69. The number of nitrogens with zero attached hydrogens (tertiary/aromatic N) is 1. The predicted molar refractivity (Wildman–Crippen MR) is 51.4 cm³/mol. The minimum atomic E-state index is -0.772. The number of thioether (sulfide) groups is 1. The summed E-state index contributed by atoms with van der Waals surface area (Å²) in [5.41, 5.74) is 0. The van der Waals surface area contributed by atoms with Crippen molar-refractivity contribution in [1.29, 1.82) is 0 Å². The van der Waals surface area contributed by atoms with Crippen LogP contribution in [0.1, 0.15) is 6.92 Å². The second-order valence-corrected chi connectivity index (χ2v) is 4.94. The van der Waals surface area contributed by atoms with Crippen molar-refractivity contribution in [3.63, 3.8) is 0 Å². The van der Waals surface area contributed by atoms with Crippen LogP contribution in [0.15, 0.2) is 0 Å². The molecule has 2 fully saturated rings. The number of hydrogen-bond donors (Lipinski definition) is 0. The van der Waals surface area contributed by atoms with Crippen LogP contribution in [-0.4, -0.2) is 41.6 Å². The average molecular weight is 203 g/mol. The summed E-state index contributed by atoms with van der Waals surface area (Å²) in [6.45, 7) is 2.74. The van der Waals surface area contributed by atoms with Gasteiger partial charge in [0.05, 0.1) is 19.0 Å². The maximum Gasteiger partial charge on any atom is 0.227 e. The van der Waals surface area contributed by atoms with E-state index >= 15 is 0 Å². The van der Waals surface area contributed by atoms with Crippen molar-refractivity contribution >= 4 is 17.7 Å². The van der Waals surface area contributed by atoms with Crippen LogP contribution >= 0.6 is 11.8 Å². The molecule has 13 heavy (non-hydrogen) atoms. The molecular weight excluding hydrogens is 189 g/mol. The molecule has 2 rings (SSSR count). The van der Waals surface area contributed by atoms with Gasteiger partial charge in [-0.3, -0.25) is 4.79 Å². The summed E-state index contributed by atoms with van der Waals surface area (Å²) in [5, 5.41) is 0.478. The Hall–Kier alpha value is -0.250. The second-order valence-electron chi connectivity index (χ2n) is 3.93. The van der Waals surface area contributed by atoms with E-state index in [4.69, 9.17) is 0 Å². The summed E-state index contributed by atoms with van der Waals surface area (Å²) in [4.78, 5) is 13.3. The Balaban J connectivity index is 1.86. The lowest BCUT2D eigenvalue weighted by Crippen LogP contribution is -2.52. The molecule has 1 amide bonds. The fourth-order valence-corrected chi connectivity index (χ4v) is 3.13. The van der Waals surface area contributed by atoms with Gasteiger partial charge in [-0.15, -0.1) is 0 Å². The van der Waals surface area contributed by atoms with Crippen LogP contribution in [0, 0.1) is 11.8 Å². The van der Waals surface area contributed by atoms with Crippen LogP contribution < -0.4 is 0 Å². The third-order valence-corrected chi connectivity index (χ3v) is 4.27. The molecule has 2 aliphatic rings. The Labute approximate surface area is 81.9 Å². The summed E-state index contributed by atoms with van der Waals surface area (Å²) in [6.07, 6.45) is 1.26. The zero-order valence-corrected chi connectivity index (χ0v) is 8.68. The van der Waals surface area contributed by atoms with Crippen molar-refractivity contribution in [3.05, 3.63) is 0 Å². The summed E-state index contributed by atoms with van der Waals surface area (Å²) < 4.78 is 12.5. The minimum absolute atomic E-state index is 0.167. The summed E-state index contributed by atoms with van der Waals surface area (Å²) >= 11 is 1.75. The lowest BCUT2D eigenvalue weighted by atomic mass is 10.1. The van der Waals surface area contributed by atoms with E-state index in [0.717, 1.165) is 0 Å². The van der Waals surface area contributed by atoms with Crippen molar-refractivity contribution in [2.24, 2.45) is 11.8 Å². The van der Waals surface area contributed by atoms with Crippen molar-refractivity contribution in [3.8, 4) is 0 Å². The van der Waals surface area contributed by atoms with E-state index in [0.29, 0.717) is 24.3 Å². The highest BCUT2D eigenvalue weighted by molar-refractivity contribution is 7.99. The van der Waals surface area contributed by atoms with E-state index in [2.05, 4.69) is 6.92 Å². The van der Waals surface area contributed by atoms with Crippen molar-refractivity contribution in [2.45, 2.75) is 18.3 Å². The molecule has 0 radical (unpaired) electrons.